The summed E-state index contributed by atoms with van der Waals surface area (Å²) in [6, 6.07) is 16.9. The van der Waals surface area contributed by atoms with E-state index in [0.717, 1.165) is 23.1 Å². The van der Waals surface area contributed by atoms with Gasteiger partial charge in [-0.05, 0) is 36.2 Å². The molecule has 0 radical (unpaired) electrons. The van der Waals surface area contributed by atoms with Crippen molar-refractivity contribution in [3.8, 4) is 5.75 Å². The molecule has 1 saturated heterocycles. The average Bonchev–Trinajstić information content (AvgIpc) is 3.19. The Bertz CT molecular complexity index is 992. The zero-order valence-corrected chi connectivity index (χ0v) is 16.6. The molecule has 1 fully saturated rings. The number of rotatable bonds is 5. The van der Waals surface area contributed by atoms with Gasteiger partial charge in [-0.15, -0.1) is 0 Å². The number of amides is 2. The molecular weight excluding hydrogens is 368 g/mol. The molecule has 1 aliphatic heterocycles. The van der Waals surface area contributed by atoms with Crippen LogP contribution >= 0.6 is 0 Å². The van der Waals surface area contributed by atoms with Gasteiger partial charge in [-0.25, -0.2) is 0 Å². The number of piperazine rings is 1. The maximum Gasteiger partial charge on any atom is 0.290 e. The quantitative estimate of drug-likeness (QED) is 0.664. The molecule has 2 heterocycles. The van der Waals surface area contributed by atoms with E-state index in [-0.39, 0.29) is 30.2 Å². The topological polar surface area (TPSA) is 63.0 Å². The molecular formula is C23H24N2O4. The summed E-state index contributed by atoms with van der Waals surface area (Å²) in [7, 11) is 1.63. The first-order valence-electron chi connectivity index (χ1n) is 9.79. The van der Waals surface area contributed by atoms with Crippen molar-refractivity contribution in [2.24, 2.45) is 0 Å². The van der Waals surface area contributed by atoms with E-state index in [1.807, 2.05) is 60.4 Å². The number of carbonyl (C=O) groups is 2. The van der Waals surface area contributed by atoms with E-state index in [4.69, 9.17) is 9.15 Å². The molecule has 1 atom stereocenters. The highest BCUT2D eigenvalue weighted by Gasteiger charge is 2.35. The summed E-state index contributed by atoms with van der Waals surface area (Å²) in [4.78, 5) is 29.3. The highest BCUT2D eigenvalue weighted by atomic mass is 16.5. The van der Waals surface area contributed by atoms with E-state index in [2.05, 4.69) is 0 Å². The summed E-state index contributed by atoms with van der Waals surface area (Å²) in [5, 5.41) is 0.882. The van der Waals surface area contributed by atoms with E-state index in [9.17, 15) is 9.59 Å². The van der Waals surface area contributed by atoms with Crippen molar-refractivity contribution >= 4 is 22.8 Å². The number of ether oxygens (including phenoxy) is 1. The van der Waals surface area contributed by atoms with Gasteiger partial charge >= 0.3 is 0 Å². The summed E-state index contributed by atoms with van der Waals surface area (Å²) >= 11 is 0. The molecule has 150 valence electrons. The number of benzene rings is 2. The third kappa shape index (κ3) is 3.83. The Labute approximate surface area is 169 Å². The predicted octanol–water partition coefficient (Wildman–Crippen LogP) is 3.70. The number of methoxy groups -OCH3 is 1. The Morgan fingerprint density at radius 1 is 1.17 bits per heavy atom. The molecule has 0 aliphatic carbocycles. The summed E-state index contributed by atoms with van der Waals surface area (Å²) < 4.78 is 10.9. The van der Waals surface area contributed by atoms with Gasteiger partial charge in [0, 0.05) is 24.5 Å². The third-order valence-electron chi connectivity index (χ3n) is 5.43. The second-order valence-electron chi connectivity index (χ2n) is 7.27. The fraction of sp³-hybridized carbons (Fsp3) is 0.304. The van der Waals surface area contributed by atoms with Gasteiger partial charge in [0.25, 0.3) is 5.91 Å². The van der Waals surface area contributed by atoms with Crippen LogP contribution in [0, 0.1) is 0 Å². The minimum absolute atomic E-state index is 0.0355. The summed E-state index contributed by atoms with van der Waals surface area (Å²) in [5.41, 5.74) is 1.71. The lowest BCUT2D eigenvalue weighted by Gasteiger charge is -2.40. The van der Waals surface area contributed by atoms with E-state index >= 15 is 0 Å². The largest absolute Gasteiger partial charge is 0.497 e. The second kappa shape index (κ2) is 7.99. The minimum Gasteiger partial charge on any atom is -0.497 e. The molecule has 1 aromatic heterocycles. The minimum atomic E-state index is -0.239. The molecule has 2 amide bonds. The molecule has 1 aliphatic rings. The van der Waals surface area contributed by atoms with Crippen LogP contribution in [0.3, 0.4) is 0 Å². The highest BCUT2D eigenvalue weighted by molar-refractivity contribution is 5.98. The standard InChI is InChI=1S/C23H24N2O4/c1-3-18-14-24(23(27)21-12-17-6-4-5-7-20(17)29-21)15-22(26)25(18)13-16-8-10-19(28-2)11-9-16/h4-12,18H,3,13-15H2,1-2H3. The molecule has 0 N–H and O–H groups in total. The number of hydrogen-bond donors (Lipinski definition) is 0. The molecule has 0 spiro atoms. The van der Waals surface area contributed by atoms with Crippen LogP contribution in [0.5, 0.6) is 5.75 Å². The summed E-state index contributed by atoms with van der Waals surface area (Å²) in [5.74, 6) is 0.770. The Hall–Kier alpha value is -3.28. The van der Waals surface area contributed by atoms with Crippen molar-refractivity contribution in [3.63, 3.8) is 0 Å². The van der Waals surface area contributed by atoms with Crippen LogP contribution in [0.1, 0.15) is 29.5 Å². The van der Waals surface area contributed by atoms with Gasteiger partial charge in [-0.3, -0.25) is 9.59 Å². The fourth-order valence-electron chi connectivity index (χ4n) is 3.77. The van der Waals surface area contributed by atoms with Crippen molar-refractivity contribution in [1.82, 2.24) is 9.80 Å². The molecule has 1 unspecified atom stereocenters. The normalized spacial score (nSPS) is 17.0. The molecule has 6 nitrogen and oxygen atoms in total. The number of hydrogen-bond acceptors (Lipinski definition) is 4. The lowest BCUT2D eigenvalue weighted by atomic mass is 10.1. The first-order chi connectivity index (χ1) is 14.1. The Kier molecular flexibility index (Phi) is 5.25. The van der Waals surface area contributed by atoms with Crippen LogP contribution in [0.25, 0.3) is 11.0 Å². The van der Waals surface area contributed by atoms with Crippen LogP contribution in [0.2, 0.25) is 0 Å². The number of nitrogens with zero attached hydrogens (tertiary/aromatic N) is 2. The van der Waals surface area contributed by atoms with Crippen LogP contribution in [0.4, 0.5) is 0 Å². The summed E-state index contributed by atoms with van der Waals surface area (Å²) in [6.07, 6.45) is 0.770. The molecule has 0 bridgehead atoms. The van der Waals surface area contributed by atoms with Crippen LogP contribution < -0.4 is 4.74 Å². The SMILES string of the molecule is CCC1CN(C(=O)c2cc3ccccc3o2)CC(=O)N1Cc1ccc(OC)cc1. The number of para-hydroxylation sites is 1. The number of carbonyl (C=O) groups excluding carboxylic acids is 2. The van der Waals surface area contributed by atoms with Gasteiger partial charge in [0.2, 0.25) is 5.91 Å². The van der Waals surface area contributed by atoms with Crippen molar-refractivity contribution in [2.45, 2.75) is 25.9 Å². The molecule has 2 aromatic carbocycles. The Morgan fingerprint density at radius 2 is 1.93 bits per heavy atom. The predicted molar refractivity (Wildman–Crippen MR) is 110 cm³/mol. The lowest BCUT2D eigenvalue weighted by molar-refractivity contribution is -0.139. The van der Waals surface area contributed by atoms with Gasteiger partial charge in [0.05, 0.1) is 7.11 Å². The summed E-state index contributed by atoms with van der Waals surface area (Å²) in [6.45, 7) is 3.11. The van der Waals surface area contributed by atoms with Crippen molar-refractivity contribution in [3.05, 3.63) is 65.9 Å². The van der Waals surface area contributed by atoms with Gasteiger partial charge < -0.3 is 19.0 Å². The average molecular weight is 392 g/mol. The van der Waals surface area contributed by atoms with E-state index < -0.39 is 0 Å². The second-order valence-corrected chi connectivity index (χ2v) is 7.27. The molecule has 29 heavy (non-hydrogen) atoms. The number of furan rings is 1. The molecule has 4 rings (SSSR count). The Morgan fingerprint density at radius 3 is 2.62 bits per heavy atom. The van der Waals surface area contributed by atoms with Crippen molar-refractivity contribution in [2.75, 3.05) is 20.2 Å². The van der Waals surface area contributed by atoms with E-state index in [1.54, 1.807) is 18.1 Å². The van der Waals surface area contributed by atoms with E-state index in [0.29, 0.717) is 18.7 Å². The van der Waals surface area contributed by atoms with Crippen LogP contribution in [-0.4, -0.2) is 47.9 Å². The zero-order chi connectivity index (χ0) is 20.4. The van der Waals surface area contributed by atoms with Gasteiger partial charge in [0.1, 0.15) is 17.9 Å². The highest BCUT2D eigenvalue weighted by Crippen LogP contribution is 2.23. The zero-order valence-electron chi connectivity index (χ0n) is 16.6. The molecule has 3 aromatic rings. The maximum absolute atomic E-state index is 13.0. The van der Waals surface area contributed by atoms with Crippen LogP contribution in [-0.2, 0) is 11.3 Å². The first kappa shape index (κ1) is 19.1. The van der Waals surface area contributed by atoms with Gasteiger partial charge in [0.15, 0.2) is 5.76 Å². The van der Waals surface area contributed by atoms with Crippen molar-refractivity contribution < 1.29 is 18.7 Å². The van der Waals surface area contributed by atoms with E-state index in [1.165, 1.54) is 0 Å². The fourth-order valence-corrected chi connectivity index (χ4v) is 3.77. The smallest absolute Gasteiger partial charge is 0.290 e. The van der Waals surface area contributed by atoms with Gasteiger partial charge in [-0.1, -0.05) is 37.3 Å². The number of fused-ring (bicyclic) bond motifs is 1. The van der Waals surface area contributed by atoms with Gasteiger partial charge in [-0.2, -0.15) is 0 Å². The Balaban J connectivity index is 1.49. The monoisotopic (exact) mass is 392 g/mol. The molecule has 6 heteroatoms. The third-order valence-corrected chi connectivity index (χ3v) is 5.43. The first-order valence-corrected chi connectivity index (χ1v) is 9.79. The van der Waals surface area contributed by atoms with Crippen molar-refractivity contribution in [1.29, 1.82) is 0 Å². The molecule has 0 saturated carbocycles. The maximum atomic E-state index is 13.0. The lowest BCUT2D eigenvalue weighted by Crippen LogP contribution is -2.57. The van der Waals surface area contributed by atoms with Crippen LogP contribution in [0.15, 0.2) is 59.0 Å².